The number of rotatable bonds is 9. The zero-order valence-corrected chi connectivity index (χ0v) is 17.8. The van der Waals surface area contributed by atoms with E-state index in [2.05, 4.69) is 30.9 Å². The highest BCUT2D eigenvalue weighted by atomic mass is 35.5. The number of carbonyl (C=O) groups is 1. The summed E-state index contributed by atoms with van der Waals surface area (Å²) in [7, 11) is 0. The highest BCUT2D eigenvalue weighted by molar-refractivity contribution is 5.85. The maximum atomic E-state index is 12.9. The number of amides is 1. The third-order valence-electron chi connectivity index (χ3n) is 4.48. The molecule has 0 aliphatic heterocycles. The quantitative estimate of drug-likeness (QED) is 0.633. The van der Waals surface area contributed by atoms with Crippen LogP contribution in [0.4, 0.5) is 5.69 Å². The van der Waals surface area contributed by atoms with Gasteiger partial charge in [0.1, 0.15) is 0 Å². The van der Waals surface area contributed by atoms with Crippen LogP contribution in [0.1, 0.15) is 25.0 Å². The number of hydrogen-bond donors (Lipinski definition) is 1. The van der Waals surface area contributed by atoms with E-state index in [9.17, 15) is 4.79 Å². The molecule has 2 aromatic carbocycles. The van der Waals surface area contributed by atoms with Gasteiger partial charge in [0.15, 0.2) is 0 Å². The normalized spacial score (nSPS) is 10.0. The van der Waals surface area contributed by atoms with E-state index in [4.69, 9.17) is 5.73 Å². The lowest BCUT2D eigenvalue weighted by Crippen LogP contribution is -2.39. The zero-order chi connectivity index (χ0) is 18.1. The van der Waals surface area contributed by atoms with Gasteiger partial charge in [0.25, 0.3) is 0 Å². The molecular formula is C21H31Cl2N3O. The molecular weight excluding hydrogens is 381 g/mol. The number of halogens is 2. The predicted octanol–water partition coefficient (Wildman–Crippen LogP) is 4.03. The lowest BCUT2D eigenvalue weighted by atomic mass is 10.1. The lowest BCUT2D eigenvalue weighted by Gasteiger charge is -2.27. The minimum absolute atomic E-state index is 0. The molecule has 0 aliphatic rings. The molecule has 6 heteroatoms. The van der Waals surface area contributed by atoms with Crippen LogP contribution in [0.2, 0.25) is 0 Å². The van der Waals surface area contributed by atoms with Crippen molar-refractivity contribution in [1.29, 1.82) is 0 Å². The Morgan fingerprint density at radius 1 is 0.852 bits per heavy atom. The van der Waals surface area contributed by atoms with Crippen LogP contribution in [0, 0.1) is 0 Å². The molecule has 0 aliphatic carbocycles. The number of hydrogen-bond acceptors (Lipinski definition) is 3. The molecule has 0 saturated carbocycles. The molecule has 0 aromatic heterocycles. The Hall–Kier alpha value is -1.75. The van der Waals surface area contributed by atoms with Gasteiger partial charge >= 0.3 is 0 Å². The molecule has 0 spiro atoms. The van der Waals surface area contributed by atoms with Crippen molar-refractivity contribution < 1.29 is 4.79 Å². The molecule has 0 heterocycles. The predicted molar refractivity (Wildman–Crippen MR) is 119 cm³/mol. The Morgan fingerprint density at radius 3 is 2.00 bits per heavy atom. The highest BCUT2D eigenvalue weighted by Crippen LogP contribution is 2.11. The van der Waals surface area contributed by atoms with Gasteiger partial charge in [0.05, 0.1) is 6.42 Å². The molecule has 27 heavy (non-hydrogen) atoms. The van der Waals surface area contributed by atoms with Gasteiger partial charge in [0.2, 0.25) is 5.91 Å². The van der Waals surface area contributed by atoms with Crippen LogP contribution in [0.15, 0.2) is 54.6 Å². The standard InChI is InChI=1S/C21H29N3O.2ClH/c1-3-23(4-2)14-15-24(17-19-8-6-5-7-9-19)21(25)16-18-10-12-20(22)13-11-18;;/h5-13H,3-4,14-17,22H2,1-2H3;2*1H. The van der Waals surface area contributed by atoms with Gasteiger partial charge in [-0.05, 0) is 36.3 Å². The molecule has 150 valence electrons. The topological polar surface area (TPSA) is 49.6 Å². The average molecular weight is 412 g/mol. The summed E-state index contributed by atoms with van der Waals surface area (Å²) in [6.45, 7) is 8.60. The number of benzene rings is 2. The number of nitrogens with two attached hydrogens (primary N) is 1. The fourth-order valence-electron chi connectivity index (χ4n) is 2.82. The zero-order valence-electron chi connectivity index (χ0n) is 16.1. The summed E-state index contributed by atoms with van der Waals surface area (Å²) >= 11 is 0. The Kier molecular flexibility index (Phi) is 12.6. The third-order valence-corrected chi connectivity index (χ3v) is 4.48. The highest BCUT2D eigenvalue weighted by Gasteiger charge is 2.15. The van der Waals surface area contributed by atoms with Gasteiger partial charge in [0, 0.05) is 25.3 Å². The third kappa shape index (κ3) is 8.65. The van der Waals surface area contributed by atoms with E-state index in [0.717, 1.165) is 43.0 Å². The maximum absolute atomic E-state index is 12.9. The second-order valence-electron chi connectivity index (χ2n) is 6.25. The van der Waals surface area contributed by atoms with Gasteiger partial charge in [-0.3, -0.25) is 4.79 Å². The molecule has 0 fully saturated rings. The fourth-order valence-corrected chi connectivity index (χ4v) is 2.82. The van der Waals surface area contributed by atoms with Gasteiger partial charge in [-0.1, -0.05) is 56.3 Å². The smallest absolute Gasteiger partial charge is 0.227 e. The number of carbonyl (C=O) groups excluding carboxylic acids is 1. The Labute approximate surface area is 175 Å². The van der Waals surface area contributed by atoms with E-state index in [1.807, 2.05) is 47.4 Å². The van der Waals surface area contributed by atoms with Crippen LogP contribution in [0.5, 0.6) is 0 Å². The summed E-state index contributed by atoms with van der Waals surface area (Å²) in [4.78, 5) is 17.2. The minimum Gasteiger partial charge on any atom is -0.399 e. The Balaban J connectivity index is 0.00000338. The molecule has 2 N–H and O–H groups in total. The summed E-state index contributed by atoms with van der Waals surface area (Å²) in [5, 5.41) is 0. The van der Waals surface area contributed by atoms with Gasteiger partial charge in [-0.25, -0.2) is 0 Å². The summed E-state index contributed by atoms with van der Waals surface area (Å²) in [6, 6.07) is 17.7. The molecule has 2 aromatic rings. The number of nitrogens with zero attached hydrogens (tertiary/aromatic N) is 2. The molecule has 0 bridgehead atoms. The fraction of sp³-hybridized carbons (Fsp3) is 0.381. The first-order chi connectivity index (χ1) is 12.1. The summed E-state index contributed by atoms with van der Waals surface area (Å²) < 4.78 is 0. The van der Waals surface area contributed by atoms with Gasteiger partial charge in [-0.2, -0.15) is 0 Å². The monoisotopic (exact) mass is 411 g/mol. The lowest BCUT2D eigenvalue weighted by molar-refractivity contribution is -0.131. The van der Waals surface area contributed by atoms with Crippen LogP contribution >= 0.6 is 24.8 Å². The van der Waals surface area contributed by atoms with Crippen LogP contribution in [0.3, 0.4) is 0 Å². The first-order valence-electron chi connectivity index (χ1n) is 9.00. The van der Waals surface area contributed by atoms with Crippen molar-refractivity contribution in [2.75, 3.05) is 31.9 Å². The van der Waals surface area contributed by atoms with Crippen molar-refractivity contribution in [3.63, 3.8) is 0 Å². The van der Waals surface area contributed by atoms with Crippen molar-refractivity contribution in [3.8, 4) is 0 Å². The van der Waals surface area contributed by atoms with E-state index in [0.29, 0.717) is 13.0 Å². The molecule has 0 saturated heterocycles. The largest absolute Gasteiger partial charge is 0.399 e. The van der Waals surface area contributed by atoms with Crippen LogP contribution in [0.25, 0.3) is 0 Å². The summed E-state index contributed by atoms with van der Waals surface area (Å²) in [5.41, 5.74) is 8.61. The maximum Gasteiger partial charge on any atom is 0.227 e. The van der Waals surface area contributed by atoms with Crippen molar-refractivity contribution in [1.82, 2.24) is 9.80 Å². The van der Waals surface area contributed by atoms with Crippen LogP contribution < -0.4 is 5.73 Å². The van der Waals surface area contributed by atoms with E-state index in [1.54, 1.807) is 0 Å². The van der Waals surface area contributed by atoms with Crippen molar-refractivity contribution in [3.05, 3.63) is 65.7 Å². The van der Waals surface area contributed by atoms with Crippen LogP contribution in [-0.4, -0.2) is 41.9 Å². The molecule has 0 unspecified atom stereocenters. The summed E-state index contributed by atoms with van der Waals surface area (Å²) in [5.74, 6) is 0.154. The second kappa shape index (κ2) is 13.4. The SMILES string of the molecule is CCN(CC)CCN(Cc1ccccc1)C(=O)Cc1ccc(N)cc1.Cl.Cl. The van der Waals surface area contributed by atoms with E-state index in [-0.39, 0.29) is 30.7 Å². The minimum atomic E-state index is 0. The molecule has 4 nitrogen and oxygen atoms in total. The number of nitrogen functional groups attached to an aromatic ring is 1. The first kappa shape index (κ1) is 25.2. The molecule has 2 rings (SSSR count). The molecule has 1 amide bonds. The Bertz CT molecular complexity index is 646. The number of likely N-dealkylation sites (N-methyl/N-ethyl adjacent to an activating group) is 1. The second-order valence-corrected chi connectivity index (χ2v) is 6.25. The van der Waals surface area contributed by atoms with E-state index < -0.39 is 0 Å². The van der Waals surface area contributed by atoms with E-state index in [1.165, 1.54) is 0 Å². The number of anilines is 1. The van der Waals surface area contributed by atoms with Crippen molar-refractivity contribution in [2.24, 2.45) is 0 Å². The molecule has 0 radical (unpaired) electrons. The van der Waals surface area contributed by atoms with E-state index >= 15 is 0 Å². The van der Waals surface area contributed by atoms with Gasteiger partial charge < -0.3 is 15.5 Å². The first-order valence-corrected chi connectivity index (χ1v) is 9.00. The Morgan fingerprint density at radius 2 is 1.44 bits per heavy atom. The van der Waals surface area contributed by atoms with Crippen molar-refractivity contribution >= 4 is 36.4 Å². The van der Waals surface area contributed by atoms with Crippen LogP contribution in [-0.2, 0) is 17.8 Å². The average Bonchev–Trinajstić information content (AvgIpc) is 2.64. The summed E-state index contributed by atoms with van der Waals surface area (Å²) in [6.07, 6.45) is 0.408. The van der Waals surface area contributed by atoms with Gasteiger partial charge in [-0.15, -0.1) is 24.8 Å². The molecule has 0 atom stereocenters. The van der Waals surface area contributed by atoms with Crippen molar-refractivity contribution in [2.45, 2.75) is 26.8 Å².